The van der Waals surface area contributed by atoms with Crippen LogP contribution in [0.5, 0.6) is 0 Å². The third-order valence-corrected chi connectivity index (χ3v) is 4.06. The molecule has 0 fully saturated rings. The minimum atomic E-state index is -0.602. The SMILES string of the molecule is Cl.Cn1c(=O)ccn(CC(=O)Nc2ccc3c(c2F)CCNC3)c1=O. The quantitative estimate of drug-likeness (QED) is 0.821. The summed E-state index contributed by atoms with van der Waals surface area (Å²) in [4.78, 5) is 35.4. The molecule has 0 aliphatic carbocycles. The van der Waals surface area contributed by atoms with E-state index in [4.69, 9.17) is 0 Å². The Morgan fingerprint density at radius 1 is 1.32 bits per heavy atom. The van der Waals surface area contributed by atoms with Crippen molar-refractivity contribution in [3.05, 3.63) is 62.2 Å². The minimum absolute atomic E-state index is 0. The number of benzene rings is 1. The van der Waals surface area contributed by atoms with E-state index in [1.54, 1.807) is 6.07 Å². The Hall–Kier alpha value is -2.45. The predicted molar refractivity (Wildman–Crippen MR) is 93.6 cm³/mol. The highest BCUT2D eigenvalue weighted by molar-refractivity contribution is 5.90. The van der Waals surface area contributed by atoms with Crippen LogP contribution in [0.1, 0.15) is 11.1 Å². The molecule has 25 heavy (non-hydrogen) atoms. The zero-order chi connectivity index (χ0) is 17.3. The van der Waals surface area contributed by atoms with Crippen LogP contribution in [0.25, 0.3) is 0 Å². The van der Waals surface area contributed by atoms with Crippen LogP contribution in [0.2, 0.25) is 0 Å². The number of carbonyl (C=O) groups excluding carboxylic acids is 1. The summed E-state index contributed by atoms with van der Waals surface area (Å²) in [5, 5.41) is 5.65. The number of hydrogen-bond donors (Lipinski definition) is 2. The molecule has 1 aliphatic heterocycles. The lowest BCUT2D eigenvalue weighted by Crippen LogP contribution is -2.39. The second-order valence-electron chi connectivity index (χ2n) is 5.66. The maximum Gasteiger partial charge on any atom is 0.331 e. The number of aromatic nitrogens is 2. The molecule has 0 saturated heterocycles. The first-order valence-electron chi connectivity index (χ1n) is 7.54. The number of amides is 1. The second-order valence-corrected chi connectivity index (χ2v) is 5.66. The monoisotopic (exact) mass is 368 g/mol. The van der Waals surface area contributed by atoms with Crippen molar-refractivity contribution in [2.75, 3.05) is 11.9 Å². The summed E-state index contributed by atoms with van der Waals surface area (Å²) in [5.74, 6) is -0.973. The molecule has 0 radical (unpaired) electrons. The van der Waals surface area contributed by atoms with Gasteiger partial charge in [-0.25, -0.2) is 9.18 Å². The standard InChI is InChI=1S/C16H17FN4O3.ClH/c1-20-14(23)5-7-21(16(20)24)9-13(22)19-12-3-2-10-8-18-6-4-11(10)15(12)17;/h2-3,5,7,18H,4,6,8-9H2,1H3,(H,19,22);1H. The van der Waals surface area contributed by atoms with Gasteiger partial charge in [0.1, 0.15) is 12.4 Å². The van der Waals surface area contributed by atoms with Crippen molar-refractivity contribution >= 4 is 24.0 Å². The molecule has 9 heteroatoms. The molecule has 2 N–H and O–H groups in total. The first-order valence-corrected chi connectivity index (χ1v) is 7.54. The van der Waals surface area contributed by atoms with E-state index >= 15 is 0 Å². The van der Waals surface area contributed by atoms with Crippen LogP contribution < -0.4 is 21.9 Å². The highest BCUT2D eigenvalue weighted by Crippen LogP contribution is 2.24. The molecule has 2 aromatic rings. The fourth-order valence-electron chi connectivity index (χ4n) is 2.71. The molecular weight excluding hydrogens is 351 g/mol. The van der Waals surface area contributed by atoms with E-state index in [1.807, 2.05) is 0 Å². The number of fused-ring (bicyclic) bond motifs is 1. The Kier molecular flexibility index (Phi) is 5.76. The van der Waals surface area contributed by atoms with E-state index in [2.05, 4.69) is 10.6 Å². The molecule has 0 unspecified atom stereocenters. The number of nitrogens with zero attached hydrogens (tertiary/aromatic N) is 2. The summed E-state index contributed by atoms with van der Waals surface area (Å²) in [6.07, 6.45) is 1.81. The average Bonchev–Trinajstić information content (AvgIpc) is 2.58. The fourth-order valence-corrected chi connectivity index (χ4v) is 2.71. The molecule has 0 saturated carbocycles. The molecule has 1 aromatic carbocycles. The normalized spacial score (nSPS) is 12.9. The van der Waals surface area contributed by atoms with Crippen LogP contribution in [-0.2, 0) is 31.4 Å². The molecule has 7 nitrogen and oxygen atoms in total. The van der Waals surface area contributed by atoms with Crippen LogP contribution in [0.3, 0.4) is 0 Å². The van der Waals surface area contributed by atoms with Crippen molar-refractivity contribution in [3.63, 3.8) is 0 Å². The number of carbonyl (C=O) groups is 1. The van der Waals surface area contributed by atoms with E-state index in [0.717, 1.165) is 14.7 Å². The van der Waals surface area contributed by atoms with Crippen molar-refractivity contribution in [1.29, 1.82) is 0 Å². The van der Waals surface area contributed by atoms with Gasteiger partial charge in [0, 0.05) is 25.9 Å². The maximum absolute atomic E-state index is 14.5. The minimum Gasteiger partial charge on any atom is -0.322 e. The number of anilines is 1. The fraction of sp³-hybridized carbons (Fsp3) is 0.312. The van der Waals surface area contributed by atoms with Gasteiger partial charge in [0.2, 0.25) is 5.91 Å². The van der Waals surface area contributed by atoms with Crippen molar-refractivity contribution in [3.8, 4) is 0 Å². The third kappa shape index (κ3) is 3.80. The molecule has 134 valence electrons. The summed E-state index contributed by atoms with van der Waals surface area (Å²) in [6.45, 7) is 0.994. The Morgan fingerprint density at radius 3 is 2.84 bits per heavy atom. The van der Waals surface area contributed by atoms with Crippen LogP contribution in [-0.4, -0.2) is 21.6 Å². The summed E-state index contributed by atoms with van der Waals surface area (Å²) in [6, 6.07) is 4.49. The molecule has 1 amide bonds. The lowest BCUT2D eigenvalue weighted by molar-refractivity contribution is -0.116. The Labute approximate surface area is 148 Å². The van der Waals surface area contributed by atoms with Gasteiger partial charge in [-0.15, -0.1) is 12.4 Å². The maximum atomic E-state index is 14.5. The lowest BCUT2D eigenvalue weighted by Gasteiger charge is -2.19. The van der Waals surface area contributed by atoms with E-state index in [1.165, 1.54) is 25.4 Å². The summed E-state index contributed by atoms with van der Waals surface area (Å²) in [7, 11) is 1.33. The van der Waals surface area contributed by atoms with E-state index in [9.17, 15) is 18.8 Å². The molecule has 0 spiro atoms. The first-order chi connectivity index (χ1) is 11.5. The van der Waals surface area contributed by atoms with Crippen molar-refractivity contribution in [2.45, 2.75) is 19.5 Å². The summed E-state index contributed by atoms with van der Waals surface area (Å²) >= 11 is 0. The van der Waals surface area contributed by atoms with Crippen LogP contribution in [0.4, 0.5) is 10.1 Å². The van der Waals surface area contributed by atoms with Crippen molar-refractivity contribution in [2.24, 2.45) is 7.05 Å². The Morgan fingerprint density at radius 2 is 2.08 bits per heavy atom. The van der Waals surface area contributed by atoms with Gasteiger partial charge in [-0.1, -0.05) is 6.07 Å². The van der Waals surface area contributed by atoms with Crippen LogP contribution in [0.15, 0.2) is 34.0 Å². The summed E-state index contributed by atoms with van der Waals surface area (Å²) < 4.78 is 16.5. The topological polar surface area (TPSA) is 85.1 Å². The number of hydrogen-bond acceptors (Lipinski definition) is 4. The van der Waals surface area contributed by atoms with Gasteiger partial charge in [-0.05, 0) is 30.2 Å². The molecule has 0 atom stereocenters. The van der Waals surface area contributed by atoms with Gasteiger partial charge in [0.25, 0.3) is 5.56 Å². The largest absolute Gasteiger partial charge is 0.331 e. The van der Waals surface area contributed by atoms with Gasteiger partial charge in [0.15, 0.2) is 0 Å². The van der Waals surface area contributed by atoms with Crippen molar-refractivity contribution in [1.82, 2.24) is 14.5 Å². The number of nitrogens with one attached hydrogen (secondary N) is 2. The highest BCUT2D eigenvalue weighted by atomic mass is 35.5. The molecule has 0 bridgehead atoms. The van der Waals surface area contributed by atoms with Gasteiger partial charge < -0.3 is 10.6 Å². The lowest BCUT2D eigenvalue weighted by atomic mass is 9.99. The zero-order valence-electron chi connectivity index (χ0n) is 13.5. The highest BCUT2D eigenvalue weighted by Gasteiger charge is 2.17. The van der Waals surface area contributed by atoms with Crippen molar-refractivity contribution < 1.29 is 9.18 Å². The first kappa shape index (κ1) is 18.9. The van der Waals surface area contributed by atoms with Crippen LogP contribution in [0, 0.1) is 5.82 Å². The van der Waals surface area contributed by atoms with E-state index in [-0.39, 0.29) is 24.6 Å². The zero-order valence-corrected chi connectivity index (χ0v) is 14.4. The second kappa shape index (κ2) is 7.62. The molecule has 2 heterocycles. The predicted octanol–water partition coefficient (Wildman–Crippen LogP) is 0.392. The van der Waals surface area contributed by atoms with Gasteiger partial charge >= 0.3 is 5.69 Å². The number of halogens is 2. The molecule has 1 aromatic heterocycles. The Balaban J connectivity index is 0.00000225. The van der Waals surface area contributed by atoms with Gasteiger partial charge in [-0.3, -0.25) is 18.7 Å². The molecule has 3 rings (SSSR count). The van der Waals surface area contributed by atoms with Gasteiger partial charge in [-0.2, -0.15) is 0 Å². The third-order valence-electron chi connectivity index (χ3n) is 4.06. The smallest absolute Gasteiger partial charge is 0.322 e. The average molecular weight is 369 g/mol. The molecular formula is C16H18ClFN4O3. The summed E-state index contributed by atoms with van der Waals surface area (Å²) in [5.41, 5.74) is 0.524. The van der Waals surface area contributed by atoms with Gasteiger partial charge in [0.05, 0.1) is 5.69 Å². The molecule has 1 aliphatic rings. The number of rotatable bonds is 3. The Bertz CT molecular complexity index is 923. The van der Waals surface area contributed by atoms with Crippen LogP contribution >= 0.6 is 12.4 Å². The van der Waals surface area contributed by atoms with E-state index in [0.29, 0.717) is 25.1 Å². The van der Waals surface area contributed by atoms with E-state index < -0.39 is 23.0 Å².